The molecular weight excluding hydrogens is 424 g/mol. The molecule has 0 saturated carbocycles. The van der Waals surface area contributed by atoms with Gasteiger partial charge < -0.3 is 23.4 Å². The summed E-state index contributed by atoms with van der Waals surface area (Å²) in [6, 6.07) is 8.72. The van der Waals surface area contributed by atoms with Gasteiger partial charge in [-0.1, -0.05) is 6.07 Å². The highest BCUT2D eigenvalue weighted by Crippen LogP contribution is 2.36. The fraction of sp³-hybridized carbons (Fsp3) is 0.400. The molecule has 0 radical (unpaired) electrons. The molecule has 2 aromatic heterocycles. The fourth-order valence-corrected chi connectivity index (χ4v) is 5.28. The van der Waals surface area contributed by atoms with Crippen molar-refractivity contribution < 1.29 is 18.7 Å². The van der Waals surface area contributed by atoms with Crippen molar-refractivity contribution in [3.05, 3.63) is 67.9 Å². The van der Waals surface area contributed by atoms with Crippen LogP contribution in [0.4, 0.5) is 0 Å². The summed E-state index contributed by atoms with van der Waals surface area (Å²) in [5.41, 5.74) is 1.92. The Kier molecular flexibility index (Phi) is 5.23. The first-order valence-corrected chi connectivity index (χ1v) is 11.1. The summed E-state index contributed by atoms with van der Waals surface area (Å²) in [7, 11) is 3.06. The van der Waals surface area contributed by atoms with Crippen molar-refractivity contribution in [3.63, 3.8) is 0 Å². The van der Waals surface area contributed by atoms with Crippen LogP contribution in [0.15, 0.2) is 44.3 Å². The van der Waals surface area contributed by atoms with Crippen LogP contribution in [-0.2, 0) is 17.8 Å². The summed E-state index contributed by atoms with van der Waals surface area (Å²) in [6.07, 6.45) is 0.936. The largest absolute Gasteiger partial charge is 0.493 e. The van der Waals surface area contributed by atoms with Crippen molar-refractivity contribution in [1.82, 2.24) is 9.47 Å². The summed E-state index contributed by atoms with van der Waals surface area (Å²) >= 11 is 0. The Bertz CT molecular complexity index is 1370. The number of likely N-dealkylation sites (tertiary alicyclic amines) is 1. The molecule has 172 valence electrons. The Labute approximate surface area is 190 Å². The van der Waals surface area contributed by atoms with Gasteiger partial charge in [0.05, 0.1) is 26.2 Å². The van der Waals surface area contributed by atoms with E-state index in [1.54, 1.807) is 31.4 Å². The van der Waals surface area contributed by atoms with Gasteiger partial charge in [-0.15, -0.1) is 0 Å². The molecule has 33 heavy (non-hydrogen) atoms. The fourth-order valence-electron chi connectivity index (χ4n) is 5.28. The maximum Gasteiger partial charge on any atom is 0.340 e. The standard InChI is InChI=1S/C25H26N2O6/c1-14-17-8-21(31-2)22(32-3)10-20(17)33-25(30)18(14)9-24(29)26-11-15-7-16(13-26)19-5-4-6-23(28)27(19)12-15/h4-6,8,10,15-16H,7,9,11-13H2,1-3H3. The van der Waals surface area contributed by atoms with Crippen LogP contribution in [0, 0.1) is 12.8 Å². The van der Waals surface area contributed by atoms with Crippen molar-refractivity contribution in [2.75, 3.05) is 27.3 Å². The van der Waals surface area contributed by atoms with Crippen LogP contribution in [0.1, 0.15) is 29.2 Å². The minimum Gasteiger partial charge on any atom is -0.493 e. The van der Waals surface area contributed by atoms with E-state index >= 15 is 0 Å². The normalized spacial score (nSPS) is 19.3. The number of carbonyl (C=O) groups excluding carboxylic acids is 1. The zero-order valence-electron chi connectivity index (χ0n) is 18.9. The van der Waals surface area contributed by atoms with Gasteiger partial charge >= 0.3 is 5.63 Å². The molecule has 1 fully saturated rings. The first-order chi connectivity index (χ1) is 15.9. The maximum atomic E-state index is 13.3. The Morgan fingerprint density at radius 3 is 2.61 bits per heavy atom. The molecule has 5 rings (SSSR count). The smallest absolute Gasteiger partial charge is 0.340 e. The second-order valence-corrected chi connectivity index (χ2v) is 8.87. The number of rotatable bonds is 4. The number of nitrogens with zero attached hydrogens (tertiary/aromatic N) is 2. The number of aromatic nitrogens is 1. The number of aryl methyl sites for hydroxylation is 1. The van der Waals surface area contributed by atoms with E-state index in [1.807, 2.05) is 22.5 Å². The molecule has 1 amide bonds. The number of benzene rings is 1. The molecule has 0 aliphatic carbocycles. The highest BCUT2D eigenvalue weighted by atomic mass is 16.5. The molecule has 2 unspecified atom stereocenters. The van der Waals surface area contributed by atoms with Gasteiger partial charge in [0.15, 0.2) is 11.5 Å². The van der Waals surface area contributed by atoms with Gasteiger partial charge in [0.1, 0.15) is 5.58 Å². The van der Waals surface area contributed by atoms with E-state index in [0.717, 1.165) is 12.1 Å². The number of carbonyl (C=O) groups is 1. The summed E-state index contributed by atoms with van der Waals surface area (Å²) in [4.78, 5) is 40.1. The van der Waals surface area contributed by atoms with Crippen molar-refractivity contribution >= 4 is 16.9 Å². The van der Waals surface area contributed by atoms with Gasteiger partial charge in [-0.25, -0.2) is 4.79 Å². The Morgan fingerprint density at radius 1 is 1.09 bits per heavy atom. The maximum absolute atomic E-state index is 13.3. The van der Waals surface area contributed by atoms with Gasteiger partial charge in [-0.3, -0.25) is 9.59 Å². The SMILES string of the molecule is COc1cc2oc(=O)c(CC(=O)N3CC4CC(C3)c3cccc(=O)n3C4)c(C)c2cc1OC. The third kappa shape index (κ3) is 3.59. The molecule has 0 N–H and O–H groups in total. The van der Waals surface area contributed by atoms with Crippen LogP contribution in [0.25, 0.3) is 11.0 Å². The summed E-state index contributed by atoms with van der Waals surface area (Å²) < 4.78 is 18.1. The Hall–Kier alpha value is -3.55. The van der Waals surface area contributed by atoms with E-state index in [9.17, 15) is 14.4 Å². The van der Waals surface area contributed by atoms with Gasteiger partial charge in [0, 0.05) is 48.8 Å². The predicted octanol–water partition coefficient (Wildman–Crippen LogP) is 2.47. The molecule has 8 nitrogen and oxygen atoms in total. The molecule has 2 bridgehead atoms. The van der Waals surface area contributed by atoms with Crippen molar-refractivity contribution in [2.24, 2.45) is 5.92 Å². The number of fused-ring (bicyclic) bond motifs is 5. The van der Waals surface area contributed by atoms with Crippen LogP contribution in [0.5, 0.6) is 11.5 Å². The molecule has 2 atom stereocenters. The van der Waals surface area contributed by atoms with Crippen molar-refractivity contribution in [2.45, 2.75) is 32.2 Å². The number of hydrogen-bond donors (Lipinski definition) is 0. The monoisotopic (exact) mass is 450 g/mol. The zero-order chi connectivity index (χ0) is 23.3. The Balaban J connectivity index is 1.44. The predicted molar refractivity (Wildman–Crippen MR) is 122 cm³/mol. The number of piperidine rings is 1. The van der Waals surface area contributed by atoms with E-state index in [2.05, 4.69) is 0 Å². The van der Waals surface area contributed by atoms with Crippen LogP contribution in [-0.4, -0.2) is 42.7 Å². The van der Waals surface area contributed by atoms with E-state index in [4.69, 9.17) is 13.9 Å². The van der Waals surface area contributed by atoms with E-state index < -0.39 is 5.63 Å². The highest BCUT2D eigenvalue weighted by molar-refractivity contribution is 5.87. The topological polar surface area (TPSA) is 91.0 Å². The third-order valence-corrected chi connectivity index (χ3v) is 6.95. The summed E-state index contributed by atoms with van der Waals surface area (Å²) in [5.74, 6) is 1.24. The second kappa shape index (κ2) is 8.10. The number of hydrogen-bond acceptors (Lipinski definition) is 6. The number of methoxy groups -OCH3 is 2. The van der Waals surface area contributed by atoms with E-state index in [0.29, 0.717) is 53.2 Å². The average molecular weight is 450 g/mol. The zero-order valence-corrected chi connectivity index (χ0v) is 18.9. The van der Waals surface area contributed by atoms with E-state index in [1.165, 1.54) is 7.11 Å². The number of pyridine rings is 1. The quantitative estimate of drug-likeness (QED) is 0.567. The van der Waals surface area contributed by atoms with Crippen molar-refractivity contribution in [1.29, 1.82) is 0 Å². The molecule has 3 aromatic rings. The van der Waals surface area contributed by atoms with Crippen LogP contribution in [0.2, 0.25) is 0 Å². The Morgan fingerprint density at radius 2 is 1.85 bits per heavy atom. The van der Waals surface area contributed by atoms with Crippen LogP contribution >= 0.6 is 0 Å². The molecule has 1 saturated heterocycles. The van der Waals surface area contributed by atoms with Gasteiger partial charge in [0.25, 0.3) is 5.56 Å². The molecule has 8 heteroatoms. The molecule has 4 heterocycles. The lowest BCUT2D eigenvalue weighted by molar-refractivity contribution is -0.133. The first-order valence-electron chi connectivity index (χ1n) is 11.1. The number of amides is 1. The van der Waals surface area contributed by atoms with Crippen LogP contribution < -0.4 is 20.7 Å². The second-order valence-electron chi connectivity index (χ2n) is 8.87. The highest BCUT2D eigenvalue weighted by Gasteiger charge is 2.36. The molecule has 2 aliphatic heterocycles. The first kappa shape index (κ1) is 21.3. The molecule has 2 aliphatic rings. The lowest BCUT2D eigenvalue weighted by Crippen LogP contribution is -2.49. The van der Waals surface area contributed by atoms with Crippen molar-refractivity contribution in [3.8, 4) is 11.5 Å². The lowest BCUT2D eigenvalue weighted by atomic mass is 9.83. The summed E-state index contributed by atoms with van der Waals surface area (Å²) in [6.45, 7) is 3.57. The lowest BCUT2D eigenvalue weighted by Gasteiger charge is -2.42. The van der Waals surface area contributed by atoms with E-state index in [-0.39, 0.29) is 29.7 Å². The van der Waals surface area contributed by atoms with Crippen LogP contribution in [0.3, 0.4) is 0 Å². The number of ether oxygens (including phenoxy) is 2. The summed E-state index contributed by atoms with van der Waals surface area (Å²) in [5, 5.41) is 0.707. The average Bonchev–Trinajstić information content (AvgIpc) is 2.81. The van der Waals surface area contributed by atoms with Gasteiger partial charge in [-0.05, 0) is 37.0 Å². The minimum absolute atomic E-state index is 0.0124. The molecular formula is C25H26N2O6. The van der Waals surface area contributed by atoms with Gasteiger partial charge in [-0.2, -0.15) is 0 Å². The minimum atomic E-state index is -0.519. The third-order valence-electron chi connectivity index (χ3n) is 6.95. The molecule has 0 spiro atoms. The molecule has 1 aromatic carbocycles. The van der Waals surface area contributed by atoms with Gasteiger partial charge in [0.2, 0.25) is 5.91 Å².